The number of rotatable bonds is 6. The van der Waals surface area contributed by atoms with Gasteiger partial charge in [0.1, 0.15) is 12.1 Å². The van der Waals surface area contributed by atoms with E-state index in [4.69, 9.17) is 11.2 Å². The molecule has 2 aromatic rings. The quantitative estimate of drug-likeness (QED) is 0.766. The van der Waals surface area contributed by atoms with Gasteiger partial charge >= 0.3 is 12.1 Å². The van der Waals surface area contributed by atoms with Gasteiger partial charge in [-0.15, -0.1) is 12.3 Å². The molecule has 1 aliphatic carbocycles. The summed E-state index contributed by atoms with van der Waals surface area (Å²) in [7, 11) is 0. The number of carboxylic acid groups (broad SMARTS) is 1. The molecule has 2 aromatic carbocycles. The Morgan fingerprint density at radius 1 is 1.15 bits per heavy atom. The average molecular weight is 363 g/mol. The van der Waals surface area contributed by atoms with Gasteiger partial charge in [0, 0.05) is 12.3 Å². The van der Waals surface area contributed by atoms with E-state index in [1.807, 2.05) is 36.4 Å². The minimum absolute atomic E-state index is 0.0788. The maximum absolute atomic E-state index is 12.3. The van der Waals surface area contributed by atoms with Gasteiger partial charge in [-0.25, -0.2) is 9.59 Å². The van der Waals surface area contributed by atoms with E-state index in [-0.39, 0.29) is 25.4 Å². The summed E-state index contributed by atoms with van der Waals surface area (Å²) in [6, 6.07) is 16.0. The standard InChI is InChI=1S/C22H21NO4/c1-3-4-13-22(2,20(24)25)23-21(26)27-14-19-17-11-7-5-9-15(17)16-10-6-8-12-18(16)19/h1,5-12,19H,4,13-14H2,2H3,(H,23,26)(H,24,25)/t22-/m1/s1. The van der Waals surface area contributed by atoms with Gasteiger partial charge in [0.2, 0.25) is 0 Å². The molecule has 0 unspecified atom stereocenters. The Bertz CT molecular complexity index is 869. The van der Waals surface area contributed by atoms with Crippen molar-refractivity contribution in [2.45, 2.75) is 31.2 Å². The van der Waals surface area contributed by atoms with Gasteiger partial charge in [0.25, 0.3) is 0 Å². The van der Waals surface area contributed by atoms with Crippen molar-refractivity contribution < 1.29 is 19.4 Å². The van der Waals surface area contributed by atoms with Gasteiger partial charge < -0.3 is 15.2 Å². The lowest BCUT2D eigenvalue weighted by molar-refractivity contribution is -0.144. The van der Waals surface area contributed by atoms with Crippen molar-refractivity contribution in [1.29, 1.82) is 0 Å². The molecule has 0 aliphatic heterocycles. The first-order valence-electron chi connectivity index (χ1n) is 8.76. The van der Waals surface area contributed by atoms with Crippen molar-refractivity contribution in [2.24, 2.45) is 0 Å². The molecule has 0 fully saturated rings. The van der Waals surface area contributed by atoms with E-state index in [1.54, 1.807) is 0 Å². The van der Waals surface area contributed by atoms with Gasteiger partial charge in [-0.3, -0.25) is 0 Å². The molecule has 0 heterocycles. The van der Waals surface area contributed by atoms with Gasteiger partial charge in [0.05, 0.1) is 0 Å². The van der Waals surface area contributed by atoms with E-state index in [2.05, 4.69) is 23.4 Å². The molecule has 2 N–H and O–H groups in total. The Hall–Kier alpha value is -3.26. The first-order chi connectivity index (χ1) is 13.0. The fraction of sp³-hybridized carbons (Fsp3) is 0.273. The Balaban J connectivity index is 1.72. The number of nitrogens with one attached hydrogen (secondary N) is 1. The van der Waals surface area contributed by atoms with Crippen LogP contribution in [0.2, 0.25) is 0 Å². The highest BCUT2D eigenvalue weighted by molar-refractivity contribution is 5.84. The minimum Gasteiger partial charge on any atom is -0.480 e. The van der Waals surface area contributed by atoms with E-state index in [1.165, 1.54) is 6.92 Å². The van der Waals surface area contributed by atoms with E-state index < -0.39 is 17.6 Å². The number of carbonyl (C=O) groups is 2. The van der Waals surface area contributed by atoms with Gasteiger partial charge in [-0.2, -0.15) is 0 Å². The molecule has 5 nitrogen and oxygen atoms in total. The van der Waals surface area contributed by atoms with Gasteiger partial charge in [-0.1, -0.05) is 48.5 Å². The number of fused-ring (bicyclic) bond motifs is 3. The SMILES string of the molecule is C#CCC[C@@](C)(NC(=O)OCC1c2ccccc2-c2ccccc21)C(=O)O. The molecule has 5 heteroatoms. The molecule has 27 heavy (non-hydrogen) atoms. The highest BCUT2D eigenvalue weighted by Gasteiger charge is 2.35. The second-order valence-electron chi connectivity index (χ2n) is 6.79. The number of ether oxygens (including phenoxy) is 1. The molecule has 0 saturated heterocycles. The predicted octanol–water partition coefficient (Wildman–Crippen LogP) is 3.78. The number of alkyl carbamates (subject to hydrolysis) is 1. The fourth-order valence-corrected chi connectivity index (χ4v) is 3.40. The zero-order valence-corrected chi connectivity index (χ0v) is 15.1. The third-order valence-corrected chi connectivity index (χ3v) is 4.96. The number of carbonyl (C=O) groups excluding carboxylic acids is 1. The summed E-state index contributed by atoms with van der Waals surface area (Å²) in [5.74, 6) is 1.17. The summed E-state index contributed by atoms with van der Waals surface area (Å²) in [6.07, 6.45) is 4.82. The van der Waals surface area contributed by atoms with E-state index in [9.17, 15) is 14.7 Å². The van der Waals surface area contributed by atoms with Crippen LogP contribution in [0.15, 0.2) is 48.5 Å². The summed E-state index contributed by atoms with van der Waals surface area (Å²) in [6.45, 7) is 1.55. The average Bonchev–Trinajstić information content (AvgIpc) is 2.98. The monoisotopic (exact) mass is 363 g/mol. The summed E-state index contributed by atoms with van der Waals surface area (Å²) >= 11 is 0. The van der Waals surface area contributed by atoms with Crippen LogP contribution < -0.4 is 5.32 Å². The highest BCUT2D eigenvalue weighted by Crippen LogP contribution is 2.44. The van der Waals surface area contributed by atoms with Crippen LogP contribution in [0.1, 0.15) is 36.8 Å². The lowest BCUT2D eigenvalue weighted by Gasteiger charge is -2.25. The second kappa shape index (κ2) is 7.55. The van der Waals surface area contributed by atoms with Crippen LogP contribution >= 0.6 is 0 Å². The number of aliphatic carboxylic acids is 1. The fourth-order valence-electron chi connectivity index (χ4n) is 3.40. The number of carboxylic acids is 1. The zero-order chi connectivity index (χ0) is 19.4. The first-order valence-corrected chi connectivity index (χ1v) is 8.76. The minimum atomic E-state index is -1.46. The molecule has 0 saturated carbocycles. The van der Waals surface area contributed by atoms with E-state index in [0.29, 0.717) is 0 Å². The van der Waals surface area contributed by atoms with Crippen LogP contribution in [-0.2, 0) is 9.53 Å². The van der Waals surface area contributed by atoms with Crippen LogP contribution in [-0.4, -0.2) is 29.3 Å². The van der Waals surface area contributed by atoms with E-state index in [0.717, 1.165) is 22.3 Å². The Kier molecular flexibility index (Phi) is 5.18. The number of hydrogen-bond donors (Lipinski definition) is 2. The van der Waals surface area contributed by atoms with Crippen molar-refractivity contribution in [3.8, 4) is 23.5 Å². The Morgan fingerprint density at radius 3 is 2.22 bits per heavy atom. The highest BCUT2D eigenvalue weighted by atomic mass is 16.5. The molecular formula is C22H21NO4. The number of amides is 1. The molecule has 3 rings (SSSR count). The predicted molar refractivity (Wildman–Crippen MR) is 102 cm³/mol. The van der Waals surface area contributed by atoms with Crippen LogP contribution in [0.25, 0.3) is 11.1 Å². The van der Waals surface area contributed by atoms with Crippen molar-refractivity contribution >= 4 is 12.1 Å². The second-order valence-corrected chi connectivity index (χ2v) is 6.79. The molecular weight excluding hydrogens is 342 g/mol. The largest absolute Gasteiger partial charge is 0.480 e. The third kappa shape index (κ3) is 3.65. The molecule has 1 atom stereocenters. The molecule has 0 aromatic heterocycles. The van der Waals surface area contributed by atoms with E-state index >= 15 is 0 Å². The van der Waals surface area contributed by atoms with Crippen molar-refractivity contribution in [2.75, 3.05) is 6.61 Å². The lowest BCUT2D eigenvalue weighted by Crippen LogP contribution is -2.52. The smallest absolute Gasteiger partial charge is 0.408 e. The zero-order valence-electron chi connectivity index (χ0n) is 15.1. The number of hydrogen-bond acceptors (Lipinski definition) is 3. The molecule has 0 spiro atoms. The summed E-state index contributed by atoms with van der Waals surface area (Å²) in [5, 5.41) is 11.9. The normalized spacial score (nSPS) is 14.4. The topological polar surface area (TPSA) is 75.6 Å². The summed E-state index contributed by atoms with van der Waals surface area (Å²) in [4.78, 5) is 23.8. The molecule has 0 bridgehead atoms. The number of terminal acetylenes is 1. The van der Waals surface area contributed by atoms with Crippen LogP contribution in [0.5, 0.6) is 0 Å². The Labute approximate surface area is 158 Å². The van der Waals surface area contributed by atoms with Crippen LogP contribution in [0.4, 0.5) is 4.79 Å². The van der Waals surface area contributed by atoms with Crippen molar-refractivity contribution in [3.63, 3.8) is 0 Å². The maximum atomic E-state index is 12.3. The summed E-state index contributed by atoms with van der Waals surface area (Å²) in [5.41, 5.74) is 2.99. The van der Waals surface area contributed by atoms with Gasteiger partial charge in [-0.05, 0) is 35.6 Å². The van der Waals surface area contributed by atoms with Gasteiger partial charge in [0.15, 0.2) is 0 Å². The molecule has 1 amide bonds. The van der Waals surface area contributed by atoms with Crippen LogP contribution in [0.3, 0.4) is 0 Å². The molecule has 138 valence electrons. The lowest BCUT2D eigenvalue weighted by atomic mass is 9.96. The Morgan fingerprint density at radius 2 is 1.70 bits per heavy atom. The van der Waals surface area contributed by atoms with Crippen molar-refractivity contribution in [3.05, 3.63) is 59.7 Å². The summed E-state index contributed by atoms with van der Waals surface area (Å²) < 4.78 is 5.40. The molecule has 1 aliphatic rings. The first kappa shape index (κ1) is 18.5. The third-order valence-electron chi connectivity index (χ3n) is 4.96. The van der Waals surface area contributed by atoms with Crippen molar-refractivity contribution in [1.82, 2.24) is 5.32 Å². The van der Waals surface area contributed by atoms with Crippen LogP contribution in [0, 0.1) is 12.3 Å². The maximum Gasteiger partial charge on any atom is 0.408 e. The number of benzene rings is 2. The molecule has 0 radical (unpaired) electrons.